The second-order valence-corrected chi connectivity index (χ2v) is 8.74. The van der Waals surface area contributed by atoms with Gasteiger partial charge < -0.3 is 14.6 Å². The normalized spacial score (nSPS) is 27.4. The smallest absolute Gasteiger partial charge is 0.410 e. The number of morpholine rings is 1. The van der Waals surface area contributed by atoms with Crippen LogP contribution in [0.15, 0.2) is 48.5 Å². The van der Waals surface area contributed by atoms with Crippen LogP contribution < -0.4 is 0 Å². The van der Waals surface area contributed by atoms with Gasteiger partial charge in [0.2, 0.25) is 0 Å². The Balaban J connectivity index is 1.35. The molecule has 3 aliphatic rings. The van der Waals surface area contributed by atoms with Crippen molar-refractivity contribution in [2.45, 2.75) is 43.1 Å². The Kier molecular flexibility index (Phi) is 5.37. The predicted molar refractivity (Wildman–Crippen MR) is 110 cm³/mol. The van der Waals surface area contributed by atoms with Gasteiger partial charge in [-0.15, -0.1) is 0 Å². The van der Waals surface area contributed by atoms with Gasteiger partial charge in [-0.2, -0.15) is 13.2 Å². The topological polar surface area (TPSA) is 59.0 Å². The molecule has 5 rings (SSSR count). The molecule has 2 saturated heterocycles. The number of hydrogen-bond donors (Lipinski definition) is 1. The molecule has 1 aliphatic carbocycles. The highest BCUT2D eigenvalue weighted by Gasteiger charge is 2.52. The SMILES string of the molecule is O=C(OCC1c2ccccc2-c2ccccc21)N1C2COCC1CC(C(F)(F)F)C(O)C2. The minimum Gasteiger partial charge on any atom is -0.448 e. The van der Waals surface area contributed by atoms with Crippen molar-refractivity contribution in [3.8, 4) is 11.1 Å². The molecule has 170 valence electrons. The molecular weight excluding hydrogens is 423 g/mol. The van der Waals surface area contributed by atoms with Crippen LogP contribution in [0.2, 0.25) is 0 Å². The Morgan fingerprint density at radius 1 is 1.00 bits per heavy atom. The Labute approximate surface area is 183 Å². The van der Waals surface area contributed by atoms with Crippen molar-refractivity contribution in [2.24, 2.45) is 5.92 Å². The van der Waals surface area contributed by atoms with Gasteiger partial charge in [0.1, 0.15) is 6.61 Å². The van der Waals surface area contributed by atoms with Gasteiger partial charge in [0.25, 0.3) is 0 Å². The molecule has 2 heterocycles. The first-order valence-corrected chi connectivity index (χ1v) is 10.8. The highest BCUT2D eigenvalue weighted by molar-refractivity contribution is 5.79. The molecule has 2 fully saturated rings. The maximum Gasteiger partial charge on any atom is 0.410 e. The third kappa shape index (κ3) is 3.65. The number of fused-ring (bicyclic) bond motifs is 5. The van der Waals surface area contributed by atoms with E-state index in [1.165, 1.54) is 4.90 Å². The number of benzene rings is 2. The lowest BCUT2D eigenvalue weighted by molar-refractivity contribution is -0.202. The third-order valence-corrected chi connectivity index (χ3v) is 6.88. The van der Waals surface area contributed by atoms with E-state index in [0.717, 1.165) is 22.3 Å². The molecule has 0 radical (unpaired) electrons. The summed E-state index contributed by atoms with van der Waals surface area (Å²) >= 11 is 0. The largest absolute Gasteiger partial charge is 0.448 e. The van der Waals surface area contributed by atoms with Crippen molar-refractivity contribution in [1.82, 2.24) is 4.90 Å². The van der Waals surface area contributed by atoms with Crippen LogP contribution in [0.4, 0.5) is 18.0 Å². The first-order chi connectivity index (χ1) is 15.3. The van der Waals surface area contributed by atoms with E-state index >= 15 is 0 Å². The van der Waals surface area contributed by atoms with Crippen molar-refractivity contribution in [2.75, 3.05) is 19.8 Å². The molecule has 0 saturated carbocycles. The fraction of sp³-hybridized carbons (Fsp3) is 0.458. The molecule has 2 bridgehead atoms. The number of amides is 1. The summed E-state index contributed by atoms with van der Waals surface area (Å²) in [7, 11) is 0. The van der Waals surface area contributed by atoms with E-state index < -0.39 is 42.8 Å². The molecule has 32 heavy (non-hydrogen) atoms. The zero-order chi connectivity index (χ0) is 22.5. The molecule has 4 unspecified atom stereocenters. The summed E-state index contributed by atoms with van der Waals surface area (Å²) < 4.78 is 51.5. The molecule has 0 aromatic heterocycles. The molecule has 2 aromatic carbocycles. The standard InChI is InChI=1S/C24H24F3NO4/c25-24(26,27)21-9-14-11-31-12-15(10-22(21)29)28(14)23(30)32-13-20-18-7-3-1-5-16(18)17-6-2-4-8-19(17)20/h1-8,14-15,20-22,29H,9-13H2. The number of alkyl halides is 3. The van der Waals surface area contributed by atoms with Crippen LogP contribution in [0, 0.1) is 5.92 Å². The summed E-state index contributed by atoms with van der Waals surface area (Å²) in [4.78, 5) is 14.5. The van der Waals surface area contributed by atoms with Crippen LogP contribution >= 0.6 is 0 Å². The summed E-state index contributed by atoms with van der Waals surface area (Å²) in [5, 5.41) is 10.2. The average Bonchev–Trinajstić information content (AvgIpc) is 3.04. The molecule has 2 aliphatic heterocycles. The lowest BCUT2D eigenvalue weighted by Crippen LogP contribution is -2.54. The lowest BCUT2D eigenvalue weighted by Gasteiger charge is -2.39. The number of carbonyl (C=O) groups excluding carboxylic acids is 1. The van der Waals surface area contributed by atoms with Crippen molar-refractivity contribution in [3.63, 3.8) is 0 Å². The van der Waals surface area contributed by atoms with Crippen molar-refractivity contribution in [3.05, 3.63) is 59.7 Å². The second kappa shape index (κ2) is 8.08. The average molecular weight is 447 g/mol. The van der Waals surface area contributed by atoms with Gasteiger partial charge in [-0.05, 0) is 35.1 Å². The van der Waals surface area contributed by atoms with Gasteiger partial charge in [-0.25, -0.2) is 4.79 Å². The van der Waals surface area contributed by atoms with Crippen molar-refractivity contribution in [1.29, 1.82) is 0 Å². The van der Waals surface area contributed by atoms with Crippen LogP contribution in [-0.4, -0.2) is 60.3 Å². The van der Waals surface area contributed by atoms with Crippen LogP contribution in [0.5, 0.6) is 0 Å². The Morgan fingerprint density at radius 2 is 1.56 bits per heavy atom. The van der Waals surface area contributed by atoms with Crippen LogP contribution in [-0.2, 0) is 9.47 Å². The maximum atomic E-state index is 13.5. The number of ether oxygens (including phenoxy) is 2. The van der Waals surface area contributed by atoms with Crippen LogP contribution in [0.25, 0.3) is 11.1 Å². The molecule has 0 spiro atoms. The van der Waals surface area contributed by atoms with Crippen LogP contribution in [0.1, 0.15) is 29.9 Å². The molecule has 8 heteroatoms. The zero-order valence-electron chi connectivity index (χ0n) is 17.3. The summed E-state index contributed by atoms with van der Waals surface area (Å²) in [5.41, 5.74) is 4.32. The number of halogens is 3. The number of hydrogen-bond acceptors (Lipinski definition) is 4. The number of aliphatic hydroxyl groups is 1. The van der Waals surface area contributed by atoms with E-state index in [-0.39, 0.29) is 32.2 Å². The lowest BCUT2D eigenvalue weighted by atomic mass is 9.93. The fourth-order valence-electron chi connectivity index (χ4n) is 5.37. The summed E-state index contributed by atoms with van der Waals surface area (Å²) in [6, 6.07) is 14.5. The molecule has 5 nitrogen and oxygen atoms in total. The quantitative estimate of drug-likeness (QED) is 0.744. The highest BCUT2D eigenvalue weighted by atomic mass is 19.4. The van der Waals surface area contributed by atoms with Crippen molar-refractivity contribution >= 4 is 6.09 Å². The molecule has 2 aromatic rings. The molecule has 4 atom stereocenters. The van der Waals surface area contributed by atoms with E-state index in [0.29, 0.717) is 0 Å². The van der Waals surface area contributed by atoms with Crippen molar-refractivity contribution < 1.29 is 32.5 Å². The summed E-state index contributed by atoms with van der Waals surface area (Å²) in [6.45, 7) is 0.178. The zero-order valence-corrected chi connectivity index (χ0v) is 17.3. The minimum absolute atomic E-state index is 0.00000456. The monoisotopic (exact) mass is 447 g/mol. The highest BCUT2D eigenvalue weighted by Crippen LogP contribution is 2.45. The first-order valence-electron chi connectivity index (χ1n) is 10.8. The molecular formula is C24H24F3NO4. The third-order valence-electron chi connectivity index (χ3n) is 6.88. The number of rotatable bonds is 2. The Bertz CT molecular complexity index is 965. The number of carbonyl (C=O) groups is 1. The van der Waals surface area contributed by atoms with E-state index in [2.05, 4.69) is 0 Å². The van der Waals surface area contributed by atoms with E-state index in [1.807, 2.05) is 48.5 Å². The predicted octanol–water partition coefficient (Wildman–Crippen LogP) is 4.34. The van der Waals surface area contributed by atoms with Gasteiger partial charge >= 0.3 is 12.3 Å². The van der Waals surface area contributed by atoms with Gasteiger partial charge in [0, 0.05) is 5.92 Å². The fourth-order valence-corrected chi connectivity index (χ4v) is 5.37. The van der Waals surface area contributed by atoms with E-state index in [9.17, 15) is 23.1 Å². The van der Waals surface area contributed by atoms with E-state index in [1.54, 1.807) is 0 Å². The van der Waals surface area contributed by atoms with Gasteiger partial charge in [-0.3, -0.25) is 4.90 Å². The minimum atomic E-state index is -4.54. The number of aliphatic hydroxyl groups excluding tert-OH is 1. The first kappa shape index (κ1) is 21.3. The summed E-state index contributed by atoms with van der Waals surface area (Å²) in [5.74, 6) is -2.02. The summed E-state index contributed by atoms with van der Waals surface area (Å²) in [6.07, 6.45) is -7.35. The van der Waals surface area contributed by atoms with Gasteiger partial charge in [0.15, 0.2) is 0 Å². The molecule has 1 amide bonds. The van der Waals surface area contributed by atoms with Gasteiger partial charge in [0.05, 0.1) is 37.3 Å². The van der Waals surface area contributed by atoms with Gasteiger partial charge in [-0.1, -0.05) is 48.5 Å². The maximum absolute atomic E-state index is 13.5. The number of nitrogens with zero attached hydrogens (tertiary/aromatic N) is 1. The van der Waals surface area contributed by atoms with E-state index in [4.69, 9.17) is 9.47 Å². The second-order valence-electron chi connectivity index (χ2n) is 8.74. The van der Waals surface area contributed by atoms with Crippen LogP contribution in [0.3, 0.4) is 0 Å². The Hall–Kier alpha value is -2.58. The Morgan fingerprint density at radius 3 is 2.16 bits per heavy atom. The molecule has 1 N–H and O–H groups in total.